The molecule has 0 fully saturated rings. The number of hydrogen-bond acceptors (Lipinski definition) is 5. The van der Waals surface area contributed by atoms with Crippen molar-refractivity contribution >= 4 is 5.82 Å². The van der Waals surface area contributed by atoms with E-state index < -0.39 is 11.7 Å². The lowest BCUT2D eigenvalue weighted by Gasteiger charge is -2.20. The van der Waals surface area contributed by atoms with Crippen LogP contribution >= 0.6 is 0 Å². The predicted molar refractivity (Wildman–Crippen MR) is 125 cm³/mol. The van der Waals surface area contributed by atoms with Crippen LogP contribution in [-0.2, 0) is 30.5 Å². The van der Waals surface area contributed by atoms with Gasteiger partial charge in [-0.2, -0.15) is 13.2 Å². The molecule has 1 atom stereocenters. The number of hydrogen-bond donors (Lipinski definition) is 2. The topological polar surface area (TPSA) is 73.1 Å². The molecule has 182 valence electrons. The number of anilines is 1. The summed E-state index contributed by atoms with van der Waals surface area (Å²) in [7, 11) is 0. The average molecular weight is 465 g/mol. The van der Waals surface area contributed by atoms with Crippen LogP contribution in [0.2, 0.25) is 0 Å². The molecule has 2 heterocycles. The maximum absolute atomic E-state index is 13.3. The summed E-state index contributed by atoms with van der Waals surface area (Å²) in [6.07, 6.45) is 2.91. The Morgan fingerprint density at radius 2 is 2.00 bits per heavy atom. The molecule has 0 saturated carbocycles. The Labute approximate surface area is 194 Å². The molecule has 1 aliphatic heterocycles. The molecule has 0 aliphatic carbocycles. The van der Waals surface area contributed by atoms with Crippen molar-refractivity contribution in [1.29, 1.82) is 0 Å². The largest absolute Gasteiger partial charge is 0.416 e. The smallest absolute Gasteiger partial charge is 0.377 e. The molecule has 8 heteroatoms. The van der Waals surface area contributed by atoms with Crippen LogP contribution in [0.25, 0.3) is 11.3 Å². The van der Waals surface area contributed by atoms with Crippen LogP contribution in [0.15, 0.2) is 18.2 Å². The van der Waals surface area contributed by atoms with E-state index in [9.17, 15) is 13.2 Å². The molecular weight excluding hydrogens is 429 g/mol. The summed E-state index contributed by atoms with van der Waals surface area (Å²) in [4.78, 5) is 0. The lowest BCUT2D eigenvalue weighted by atomic mass is 9.94. The molecule has 0 radical (unpaired) electrons. The van der Waals surface area contributed by atoms with Crippen LogP contribution in [-0.4, -0.2) is 23.3 Å². The van der Waals surface area contributed by atoms with Crippen molar-refractivity contribution in [3.63, 3.8) is 0 Å². The van der Waals surface area contributed by atoms with Crippen molar-refractivity contribution in [2.75, 3.05) is 18.5 Å². The van der Waals surface area contributed by atoms with Gasteiger partial charge in [0.1, 0.15) is 0 Å². The molecule has 2 aromatic rings. The molecule has 1 unspecified atom stereocenters. The molecule has 3 rings (SSSR count). The van der Waals surface area contributed by atoms with Gasteiger partial charge in [-0.15, -0.1) is 10.2 Å². The Bertz CT molecular complexity index is 917. The summed E-state index contributed by atoms with van der Waals surface area (Å²) in [6, 6.07) is 3.73. The van der Waals surface area contributed by atoms with Crippen LogP contribution in [0.4, 0.5) is 19.0 Å². The van der Waals surface area contributed by atoms with Crippen molar-refractivity contribution in [2.24, 2.45) is 11.7 Å². The average Bonchev–Trinajstić information content (AvgIpc) is 2.88. The highest BCUT2D eigenvalue weighted by molar-refractivity contribution is 5.70. The molecule has 3 N–H and O–H groups in total. The van der Waals surface area contributed by atoms with Gasteiger partial charge < -0.3 is 15.8 Å². The Balaban J connectivity index is 1.94. The number of halogens is 3. The number of fused-ring (bicyclic) bond motifs is 3. The third-order valence-electron chi connectivity index (χ3n) is 6.40. The fraction of sp³-hybridized carbons (Fsp3) is 0.600. The SMILES string of the molecule is CCCCCC(CC)CNc1nnc2c(c1CN)CCCOCc1cc(C(F)(F)F)ccc1-2. The minimum Gasteiger partial charge on any atom is -0.377 e. The standard InChI is InChI=1S/C25H35F3N4O/c1-3-5-6-8-17(4-2)15-30-24-22(14-29)21-9-7-12-33-16-18-13-19(25(26,27)28)10-11-20(18)23(21)31-32-24/h10-11,13,17H,3-9,12,14-16,29H2,1-2H3,(H,30,32). The van der Waals surface area contributed by atoms with E-state index in [1.165, 1.54) is 31.7 Å². The molecule has 1 aliphatic rings. The van der Waals surface area contributed by atoms with Gasteiger partial charge in [0.05, 0.1) is 17.9 Å². The van der Waals surface area contributed by atoms with E-state index in [1.807, 2.05) is 0 Å². The van der Waals surface area contributed by atoms with E-state index in [2.05, 4.69) is 29.4 Å². The zero-order valence-corrected chi connectivity index (χ0v) is 19.6. The van der Waals surface area contributed by atoms with Gasteiger partial charge in [-0.3, -0.25) is 0 Å². The summed E-state index contributed by atoms with van der Waals surface area (Å²) in [5, 5.41) is 12.4. The Hall–Kier alpha value is -2.19. The van der Waals surface area contributed by atoms with Crippen molar-refractivity contribution in [1.82, 2.24) is 10.2 Å². The number of nitrogens with zero attached hydrogens (tertiary/aromatic N) is 2. The molecule has 0 spiro atoms. The summed E-state index contributed by atoms with van der Waals surface area (Å²) in [5.74, 6) is 1.22. The first-order valence-electron chi connectivity index (χ1n) is 12.0. The first-order chi connectivity index (χ1) is 15.9. The first kappa shape index (κ1) is 25.4. The van der Waals surface area contributed by atoms with Gasteiger partial charge >= 0.3 is 6.18 Å². The predicted octanol–water partition coefficient (Wildman–Crippen LogP) is 6.10. The maximum atomic E-state index is 13.3. The number of ether oxygens (including phenoxy) is 1. The molecule has 33 heavy (non-hydrogen) atoms. The Morgan fingerprint density at radius 3 is 2.70 bits per heavy atom. The number of nitrogens with one attached hydrogen (secondary N) is 1. The summed E-state index contributed by atoms with van der Waals surface area (Å²) in [5.41, 5.74) is 8.99. The number of alkyl halides is 3. The second-order valence-corrected chi connectivity index (χ2v) is 8.74. The second-order valence-electron chi connectivity index (χ2n) is 8.74. The molecule has 5 nitrogen and oxygen atoms in total. The number of nitrogens with two attached hydrogens (primary N) is 1. The highest BCUT2D eigenvalue weighted by Gasteiger charge is 2.32. The highest BCUT2D eigenvalue weighted by Crippen LogP contribution is 2.36. The third kappa shape index (κ3) is 6.44. The Kier molecular flexibility index (Phi) is 9.09. The molecule has 0 bridgehead atoms. The fourth-order valence-corrected chi connectivity index (χ4v) is 4.38. The number of unbranched alkanes of at least 4 members (excludes halogenated alkanes) is 2. The van der Waals surface area contributed by atoms with Crippen molar-refractivity contribution in [2.45, 2.75) is 78.1 Å². The number of aromatic nitrogens is 2. The summed E-state index contributed by atoms with van der Waals surface area (Å²) >= 11 is 0. The minimum atomic E-state index is -4.41. The van der Waals surface area contributed by atoms with Crippen LogP contribution in [0.1, 0.15) is 74.6 Å². The van der Waals surface area contributed by atoms with Crippen LogP contribution < -0.4 is 11.1 Å². The van der Waals surface area contributed by atoms with E-state index >= 15 is 0 Å². The lowest BCUT2D eigenvalue weighted by Crippen LogP contribution is -2.19. The van der Waals surface area contributed by atoms with Gasteiger partial charge in [-0.1, -0.05) is 45.6 Å². The van der Waals surface area contributed by atoms with Crippen LogP contribution in [0.3, 0.4) is 0 Å². The molecule has 0 amide bonds. The van der Waals surface area contributed by atoms with E-state index in [1.54, 1.807) is 0 Å². The number of benzene rings is 1. The Morgan fingerprint density at radius 1 is 1.18 bits per heavy atom. The monoisotopic (exact) mass is 464 g/mol. The lowest BCUT2D eigenvalue weighted by molar-refractivity contribution is -0.137. The molecule has 1 aromatic heterocycles. The van der Waals surface area contributed by atoms with Crippen LogP contribution in [0.5, 0.6) is 0 Å². The molecular formula is C25H35F3N4O. The second kappa shape index (κ2) is 11.8. The van der Waals surface area contributed by atoms with Gasteiger partial charge in [0.25, 0.3) is 0 Å². The van der Waals surface area contributed by atoms with E-state index in [4.69, 9.17) is 10.5 Å². The van der Waals surface area contributed by atoms with E-state index in [0.29, 0.717) is 41.6 Å². The fourth-order valence-electron chi connectivity index (χ4n) is 4.38. The van der Waals surface area contributed by atoms with Crippen molar-refractivity contribution in [3.05, 3.63) is 40.5 Å². The maximum Gasteiger partial charge on any atom is 0.416 e. The van der Waals surface area contributed by atoms with Gasteiger partial charge in [-0.25, -0.2) is 0 Å². The van der Waals surface area contributed by atoms with Gasteiger partial charge in [0.2, 0.25) is 0 Å². The first-order valence-corrected chi connectivity index (χ1v) is 12.0. The van der Waals surface area contributed by atoms with Gasteiger partial charge in [-0.05, 0) is 48.4 Å². The number of rotatable bonds is 9. The normalized spacial score (nSPS) is 15.1. The van der Waals surface area contributed by atoms with Crippen LogP contribution in [0, 0.1) is 5.92 Å². The zero-order valence-electron chi connectivity index (χ0n) is 19.6. The summed E-state index contributed by atoms with van der Waals surface area (Å²) < 4.78 is 45.5. The van der Waals surface area contributed by atoms with Crippen molar-refractivity contribution < 1.29 is 17.9 Å². The zero-order chi connectivity index (χ0) is 23.8. The highest BCUT2D eigenvalue weighted by atomic mass is 19.4. The van der Waals surface area contributed by atoms with E-state index in [-0.39, 0.29) is 13.2 Å². The quantitative estimate of drug-likeness (QED) is 0.439. The molecule has 1 aromatic carbocycles. The van der Waals surface area contributed by atoms with E-state index in [0.717, 1.165) is 42.6 Å². The van der Waals surface area contributed by atoms with Crippen molar-refractivity contribution in [3.8, 4) is 11.3 Å². The van der Waals surface area contributed by atoms with Gasteiger partial charge in [0.15, 0.2) is 5.82 Å². The molecule has 0 saturated heterocycles. The third-order valence-corrected chi connectivity index (χ3v) is 6.40. The summed E-state index contributed by atoms with van der Waals surface area (Å²) in [6.45, 7) is 6.05. The minimum absolute atomic E-state index is 0.105. The van der Waals surface area contributed by atoms with Gasteiger partial charge in [0, 0.05) is 30.8 Å².